The number of aryl methyl sites for hydroxylation is 1. The van der Waals surface area contributed by atoms with Gasteiger partial charge in [-0.05, 0) is 19.4 Å². The number of nitrogens with two attached hydrogens (primary N) is 1. The fourth-order valence-corrected chi connectivity index (χ4v) is 2.79. The van der Waals surface area contributed by atoms with Crippen LogP contribution < -0.4 is 10.5 Å². The van der Waals surface area contributed by atoms with Gasteiger partial charge in [0.25, 0.3) is 0 Å². The summed E-state index contributed by atoms with van der Waals surface area (Å²) >= 11 is 0. The number of methoxy groups -OCH3 is 1. The number of unbranched alkanes of at least 4 members (excludes halogenated alkanes) is 4. The van der Waals surface area contributed by atoms with Gasteiger partial charge < -0.3 is 15.6 Å². The van der Waals surface area contributed by atoms with Crippen molar-refractivity contribution in [1.29, 1.82) is 0 Å². The van der Waals surface area contributed by atoms with Crippen LogP contribution in [0.1, 0.15) is 62.5 Å². The maximum Gasteiger partial charge on any atom is 0.122 e. The van der Waals surface area contributed by atoms with Gasteiger partial charge >= 0.3 is 0 Å². The number of aliphatic hydroxyl groups is 1. The van der Waals surface area contributed by atoms with Crippen molar-refractivity contribution in [2.24, 2.45) is 5.73 Å². The van der Waals surface area contributed by atoms with Crippen LogP contribution >= 0.6 is 0 Å². The molecular weight excluding hydrogens is 262 g/mol. The first-order valence-corrected chi connectivity index (χ1v) is 8.16. The lowest BCUT2D eigenvalue weighted by atomic mass is 9.88. The Morgan fingerprint density at radius 2 is 1.90 bits per heavy atom. The van der Waals surface area contributed by atoms with Gasteiger partial charge in [-0.25, -0.2) is 0 Å². The molecule has 0 bridgehead atoms. The summed E-state index contributed by atoms with van der Waals surface area (Å²) in [6.07, 6.45) is 6.44. The minimum Gasteiger partial charge on any atom is -0.496 e. The van der Waals surface area contributed by atoms with Crippen LogP contribution in [0.3, 0.4) is 0 Å². The molecule has 3 nitrogen and oxygen atoms in total. The molecule has 0 radical (unpaired) electrons. The Kier molecular flexibility index (Phi) is 8.40. The first-order chi connectivity index (χ1) is 10.1. The standard InChI is InChI=1S/C18H31NO2/c1-4-5-6-7-8-9-17(20)16(13-19)15-12-14(2)10-11-18(15)21-3/h10-12,16-17,20H,4-9,13,19H2,1-3H3. The molecule has 1 aromatic carbocycles. The van der Waals surface area contributed by atoms with E-state index in [0.29, 0.717) is 6.54 Å². The molecule has 0 amide bonds. The van der Waals surface area contributed by atoms with Crippen molar-refractivity contribution in [2.45, 2.75) is 64.4 Å². The quantitative estimate of drug-likeness (QED) is 0.646. The smallest absolute Gasteiger partial charge is 0.122 e. The maximum absolute atomic E-state index is 10.5. The predicted octanol–water partition coefficient (Wildman–Crippen LogP) is 3.77. The van der Waals surface area contributed by atoms with E-state index in [0.717, 1.165) is 24.2 Å². The van der Waals surface area contributed by atoms with Crippen molar-refractivity contribution in [3.05, 3.63) is 29.3 Å². The number of hydrogen-bond donors (Lipinski definition) is 2. The summed E-state index contributed by atoms with van der Waals surface area (Å²) in [4.78, 5) is 0. The number of benzene rings is 1. The molecule has 1 aromatic rings. The van der Waals surface area contributed by atoms with Crippen LogP contribution in [0.25, 0.3) is 0 Å². The number of aliphatic hydroxyl groups excluding tert-OH is 1. The van der Waals surface area contributed by atoms with E-state index in [9.17, 15) is 5.11 Å². The maximum atomic E-state index is 10.5. The van der Waals surface area contributed by atoms with Gasteiger partial charge in [0.05, 0.1) is 13.2 Å². The first-order valence-electron chi connectivity index (χ1n) is 8.16. The molecule has 21 heavy (non-hydrogen) atoms. The summed E-state index contributed by atoms with van der Waals surface area (Å²) in [6, 6.07) is 6.06. The molecule has 120 valence electrons. The van der Waals surface area contributed by atoms with Gasteiger partial charge in [-0.15, -0.1) is 0 Å². The second-order valence-corrected chi connectivity index (χ2v) is 5.86. The molecule has 1 rings (SSSR count). The lowest BCUT2D eigenvalue weighted by Crippen LogP contribution is -2.26. The van der Waals surface area contributed by atoms with Gasteiger partial charge in [-0.1, -0.05) is 56.7 Å². The highest BCUT2D eigenvalue weighted by molar-refractivity contribution is 5.40. The summed E-state index contributed by atoms with van der Waals surface area (Å²) in [5.41, 5.74) is 8.11. The molecule has 0 aromatic heterocycles. The normalized spacial score (nSPS) is 14.0. The first kappa shape index (κ1) is 18.0. The van der Waals surface area contributed by atoms with E-state index in [4.69, 9.17) is 10.5 Å². The fraction of sp³-hybridized carbons (Fsp3) is 0.667. The summed E-state index contributed by atoms with van der Waals surface area (Å²) in [7, 11) is 1.67. The highest BCUT2D eigenvalue weighted by Crippen LogP contribution is 2.31. The molecule has 0 saturated heterocycles. The number of rotatable bonds is 10. The number of ether oxygens (including phenoxy) is 1. The predicted molar refractivity (Wildman–Crippen MR) is 88.9 cm³/mol. The molecule has 0 fully saturated rings. The summed E-state index contributed by atoms with van der Waals surface area (Å²) < 4.78 is 5.42. The van der Waals surface area contributed by atoms with Gasteiger partial charge in [-0.2, -0.15) is 0 Å². The average molecular weight is 293 g/mol. The molecule has 2 unspecified atom stereocenters. The minimum absolute atomic E-state index is 0.0500. The second kappa shape index (κ2) is 9.80. The Labute approximate surface area is 129 Å². The third-order valence-electron chi connectivity index (χ3n) is 4.11. The Balaban J connectivity index is 2.66. The largest absolute Gasteiger partial charge is 0.496 e. The molecule has 0 spiro atoms. The molecule has 0 aliphatic heterocycles. The average Bonchev–Trinajstić information content (AvgIpc) is 2.48. The Hall–Kier alpha value is -1.06. The van der Waals surface area contributed by atoms with E-state index in [2.05, 4.69) is 13.0 Å². The van der Waals surface area contributed by atoms with Crippen LogP contribution in [0, 0.1) is 6.92 Å². The van der Waals surface area contributed by atoms with Crippen molar-refractivity contribution >= 4 is 0 Å². The zero-order valence-corrected chi connectivity index (χ0v) is 13.8. The topological polar surface area (TPSA) is 55.5 Å². The lowest BCUT2D eigenvalue weighted by Gasteiger charge is -2.24. The minimum atomic E-state index is -0.396. The molecule has 0 aliphatic rings. The highest BCUT2D eigenvalue weighted by atomic mass is 16.5. The van der Waals surface area contributed by atoms with Crippen molar-refractivity contribution in [1.82, 2.24) is 0 Å². The van der Waals surface area contributed by atoms with Crippen molar-refractivity contribution in [3.8, 4) is 5.75 Å². The number of hydrogen-bond acceptors (Lipinski definition) is 3. The van der Waals surface area contributed by atoms with E-state index in [1.54, 1.807) is 7.11 Å². The van der Waals surface area contributed by atoms with Gasteiger partial charge in [0, 0.05) is 18.0 Å². The summed E-state index contributed by atoms with van der Waals surface area (Å²) in [5.74, 6) is 0.770. The van der Waals surface area contributed by atoms with E-state index in [1.165, 1.54) is 31.2 Å². The van der Waals surface area contributed by atoms with E-state index in [1.807, 2.05) is 19.1 Å². The molecule has 0 saturated carbocycles. The zero-order valence-electron chi connectivity index (χ0n) is 13.8. The third-order valence-corrected chi connectivity index (χ3v) is 4.11. The second-order valence-electron chi connectivity index (χ2n) is 5.86. The van der Waals surface area contributed by atoms with Crippen LogP contribution in [0.4, 0.5) is 0 Å². The van der Waals surface area contributed by atoms with Crippen molar-refractivity contribution < 1.29 is 9.84 Å². The van der Waals surface area contributed by atoms with Crippen LogP contribution in [-0.4, -0.2) is 24.9 Å². The van der Waals surface area contributed by atoms with Gasteiger partial charge in [-0.3, -0.25) is 0 Å². The third kappa shape index (κ3) is 5.68. The summed E-state index contributed by atoms with van der Waals surface area (Å²) in [6.45, 7) is 4.70. The summed E-state index contributed by atoms with van der Waals surface area (Å²) in [5, 5.41) is 10.5. The van der Waals surface area contributed by atoms with Crippen molar-refractivity contribution in [3.63, 3.8) is 0 Å². The van der Waals surface area contributed by atoms with Gasteiger partial charge in [0.2, 0.25) is 0 Å². The highest BCUT2D eigenvalue weighted by Gasteiger charge is 2.22. The molecule has 0 heterocycles. The van der Waals surface area contributed by atoms with Gasteiger partial charge in [0.1, 0.15) is 5.75 Å². The fourth-order valence-electron chi connectivity index (χ4n) is 2.79. The van der Waals surface area contributed by atoms with Crippen molar-refractivity contribution in [2.75, 3.05) is 13.7 Å². The monoisotopic (exact) mass is 293 g/mol. The van der Waals surface area contributed by atoms with E-state index >= 15 is 0 Å². The van der Waals surface area contributed by atoms with E-state index < -0.39 is 6.10 Å². The Morgan fingerprint density at radius 3 is 2.52 bits per heavy atom. The zero-order chi connectivity index (χ0) is 15.7. The van der Waals surface area contributed by atoms with Crippen LogP contribution in [0.5, 0.6) is 5.75 Å². The van der Waals surface area contributed by atoms with Gasteiger partial charge in [0.15, 0.2) is 0 Å². The molecule has 0 aliphatic carbocycles. The SMILES string of the molecule is CCCCCCCC(O)C(CN)c1cc(C)ccc1OC. The Morgan fingerprint density at radius 1 is 1.19 bits per heavy atom. The molecule has 2 atom stereocenters. The van der Waals surface area contributed by atoms with Crippen LogP contribution in [-0.2, 0) is 0 Å². The molecule has 3 heteroatoms. The van der Waals surface area contributed by atoms with Crippen LogP contribution in [0.15, 0.2) is 18.2 Å². The Bertz CT molecular complexity index is 406. The molecular formula is C18H31NO2. The van der Waals surface area contributed by atoms with Crippen LogP contribution in [0.2, 0.25) is 0 Å². The molecule has 3 N–H and O–H groups in total. The lowest BCUT2D eigenvalue weighted by molar-refractivity contribution is 0.131. The van der Waals surface area contributed by atoms with E-state index in [-0.39, 0.29) is 5.92 Å².